The van der Waals surface area contributed by atoms with Gasteiger partial charge in [-0.3, -0.25) is 9.59 Å². The van der Waals surface area contributed by atoms with Gasteiger partial charge in [0, 0.05) is 30.6 Å². The summed E-state index contributed by atoms with van der Waals surface area (Å²) >= 11 is 5.96. The number of hydrogen-bond acceptors (Lipinski definition) is 3. The van der Waals surface area contributed by atoms with Crippen molar-refractivity contribution in [2.75, 3.05) is 13.7 Å². The summed E-state index contributed by atoms with van der Waals surface area (Å²) in [6, 6.07) is 14.5. The number of ketones is 1. The molecule has 0 heterocycles. The first kappa shape index (κ1) is 19.0. The fourth-order valence-corrected chi connectivity index (χ4v) is 2.60. The van der Waals surface area contributed by atoms with E-state index in [4.69, 9.17) is 16.3 Å². The summed E-state index contributed by atoms with van der Waals surface area (Å²) in [6.45, 7) is 2.52. The van der Waals surface area contributed by atoms with Crippen molar-refractivity contribution in [1.82, 2.24) is 4.90 Å². The molecule has 0 fully saturated rings. The standard InChI is InChI=1S/C20H22ClNO3/c1-15(23)17-8-10-19(11-9-17)25-12-4-7-20(24)22(2)14-16-5-3-6-18(21)13-16/h3,5-6,8-11,13H,4,7,12,14H2,1-2H3. The lowest BCUT2D eigenvalue weighted by molar-refractivity contribution is -0.130. The predicted octanol–water partition coefficient (Wildman–Crippen LogP) is 4.36. The van der Waals surface area contributed by atoms with E-state index in [1.165, 1.54) is 6.92 Å². The van der Waals surface area contributed by atoms with E-state index >= 15 is 0 Å². The van der Waals surface area contributed by atoms with Gasteiger partial charge in [0.25, 0.3) is 0 Å². The second kappa shape index (κ2) is 9.23. The van der Waals surface area contributed by atoms with Crippen LogP contribution in [0.4, 0.5) is 0 Å². The van der Waals surface area contributed by atoms with Gasteiger partial charge in [0.2, 0.25) is 5.91 Å². The molecule has 25 heavy (non-hydrogen) atoms. The Labute approximate surface area is 153 Å². The minimum absolute atomic E-state index is 0.0277. The van der Waals surface area contributed by atoms with Crippen molar-refractivity contribution in [2.45, 2.75) is 26.3 Å². The number of rotatable bonds is 8. The van der Waals surface area contributed by atoms with Crippen LogP contribution in [-0.4, -0.2) is 30.2 Å². The summed E-state index contributed by atoms with van der Waals surface area (Å²) < 4.78 is 5.61. The Hall–Kier alpha value is -2.33. The smallest absolute Gasteiger partial charge is 0.222 e. The Balaban J connectivity index is 1.71. The normalized spacial score (nSPS) is 10.4. The third kappa shape index (κ3) is 6.24. The molecule has 0 saturated heterocycles. The lowest BCUT2D eigenvalue weighted by Crippen LogP contribution is -2.26. The number of ether oxygens (including phenoxy) is 1. The van der Waals surface area contributed by atoms with Crippen LogP contribution in [0.3, 0.4) is 0 Å². The van der Waals surface area contributed by atoms with Gasteiger partial charge < -0.3 is 9.64 Å². The molecule has 0 aromatic heterocycles. The molecule has 2 aromatic rings. The molecule has 0 N–H and O–H groups in total. The maximum atomic E-state index is 12.2. The molecule has 0 aliphatic carbocycles. The van der Waals surface area contributed by atoms with Crippen LogP contribution in [0, 0.1) is 0 Å². The summed E-state index contributed by atoms with van der Waals surface area (Å²) in [5, 5.41) is 0.669. The molecule has 0 aliphatic heterocycles. The molecule has 0 saturated carbocycles. The van der Waals surface area contributed by atoms with Crippen LogP contribution >= 0.6 is 11.6 Å². The predicted molar refractivity (Wildman–Crippen MR) is 99.1 cm³/mol. The quantitative estimate of drug-likeness (QED) is 0.519. The number of amides is 1. The first-order valence-corrected chi connectivity index (χ1v) is 8.55. The van der Waals surface area contributed by atoms with Crippen LogP contribution in [0.25, 0.3) is 0 Å². The number of Topliss-reactive ketones (excluding diaryl/α,β-unsaturated/α-hetero) is 1. The molecule has 0 spiro atoms. The zero-order chi connectivity index (χ0) is 18.2. The van der Waals surface area contributed by atoms with Crippen LogP contribution in [-0.2, 0) is 11.3 Å². The second-order valence-electron chi connectivity index (χ2n) is 5.91. The van der Waals surface area contributed by atoms with E-state index in [9.17, 15) is 9.59 Å². The topological polar surface area (TPSA) is 46.6 Å². The minimum atomic E-state index is 0.0277. The molecule has 0 unspecified atom stereocenters. The molecule has 0 bridgehead atoms. The highest BCUT2D eigenvalue weighted by molar-refractivity contribution is 6.30. The Morgan fingerprint density at radius 3 is 2.48 bits per heavy atom. The number of hydrogen-bond donors (Lipinski definition) is 0. The Morgan fingerprint density at radius 1 is 1.12 bits per heavy atom. The van der Waals surface area contributed by atoms with Crippen LogP contribution in [0.2, 0.25) is 5.02 Å². The van der Waals surface area contributed by atoms with Crippen molar-refractivity contribution >= 4 is 23.3 Å². The Bertz CT molecular complexity index is 728. The molecular formula is C20H22ClNO3. The average molecular weight is 360 g/mol. The van der Waals surface area contributed by atoms with Gasteiger partial charge in [0.1, 0.15) is 5.75 Å². The van der Waals surface area contributed by atoms with Crippen molar-refractivity contribution in [3.05, 3.63) is 64.7 Å². The number of nitrogens with zero attached hydrogens (tertiary/aromatic N) is 1. The van der Waals surface area contributed by atoms with Crippen LogP contribution in [0.15, 0.2) is 48.5 Å². The first-order valence-electron chi connectivity index (χ1n) is 8.18. The number of carbonyl (C=O) groups excluding carboxylic acids is 2. The molecule has 1 amide bonds. The van der Waals surface area contributed by atoms with E-state index in [0.29, 0.717) is 42.3 Å². The molecule has 0 atom stereocenters. The van der Waals surface area contributed by atoms with Crippen LogP contribution in [0.5, 0.6) is 5.75 Å². The van der Waals surface area contributed by atoms with Crippen LogP contribution in [0.1, 0.15) is 35.7 Å². The number of halogens is 1. The monoisotopic (exact) mass is 359 g/mol. The van der Waals surface area contributed by atoms with Gasteiger partial charge in [-0.1, -0.05) is 23.7 Å². The summed E-state index contributed by atoms with van der Waals surface area (Å²) in [5.74, 6) is 0.792. The number of carbonyl (C=O) groups is 2. The molecule has 4 nitrogen and oxygen atoms in total. The first-order chi connectivity index (χ1) is 12.0. The van der Waals surface area contributed by atoms with Crippen molar-refractivity contribution in [3.8, 4) is 5.75 Å². The zero-order valence-electron chi connectivity index (χ0n) is 14.5. The molecule has 2 rings (SSSR count). The fourth-order valence-electron chi connectivity index (χ4n) is 2.39. The van der Waals surface area contributed by atoms with Crippen molar-refractivity contribution in [1.29, 1.82) is 0 Å². The van der Waals surface area contributed by atoms with Gasteiger partial charge in [0.15, 0.2) is 5.78 Å². The van der Waals surface area contributed by atoms with Gasteiger partial charge in [-0.25, -0.2) is 0 Å². The summed E-state index contributed by atoms with van der Waals surface area (Å²) in [6.07, 6.45) is 1.05. The highest BCUT2D eigenvalue weighted by atomic mass is 35.5. The van der Waals surface area contributed by atoms with Gasteiger partial charge in [-0.2, -0.15) is 0 Å². The summed E-state index contributed by atoms with van der Waals surface area (Å²) in [4.78, 5) is 25.1. The van der Waals surface area contributed by atoms with Gasteiger partial charge in [0.05, 0.1) is 6.61 Å². The molecule has 5 heteroatoms. The molecule has 2 aromatic carbocycles. The van der Waals surface area contributed by atoms with E-state index < -0.39 is 0 Å². The molecular weight excluding hydrogens is 338 g/mol. The van der Waals surface area contributed by atoms with E-state index in [-0.39, 0.29) is 11.7 Å². The van der Waals surface area contributed by atoms with Gasteiger partial charge in [-0.15, -0.1) is 0 Å². The van der Waals surface area contributed by atoms with E-state index in [1.807, 2.05) is 24.3 Å². The average Bonchev–Trinajstić information content (AvgIpc) is 2.59. The van der Waals surface area contributed by atoms with E-state index in [1.54, 1.807) is 36.2 Å². The second-order valence-corrected chi connectivity index (χ2v) is 6.35. The highest BCUT2D eigenvalue weighted by Gasteiger charge is 2.09. The van der Waals surface area contributed by atoms with Gasteiger partial charge in [-0.05, 0) is 55.3 Å². The van der Waals surface area contributed by atoms with E-state index in [2.05, 4.69) is 0 Å². The largest absolute Gasteiger partial charge is 0.494 e. The number of benzene rings is 2. The SMILES string of the molecule is CC(=O)c1ccc(OCCCC(=O)N(C)Cc2cccc(Cl)c2)cc1. The van der Waals surface area contributed by atoms with Crippen molar-refractivity contribution < 1.29 is 14.3 Å². The maximum absolute atomic E-state index is 12.2. The van der Waals surface area contributed by atoms with Gasteiger partial charge >= 0.3 is 0 Å². The molecule has 132 valence electrons. The summed E-state index contributed by atoms with van der Waals surface area (Å²) in [5.41, 5.74) is 1.66. The van der Waals surface area contributed by atoms with E-state index in [0.717, 1.165) is 5.56 Å². The van der Waals surface area contributed by atoms with Crippen LogP contribution < -0.4 is 4.74 Å². The fraction of sp³-hybridized carbons (Fsp3) is 0.300. The lowest BCUT2D eigenvalue weighted by Gasteiger charge is -2.17. The third-order valence-corrected chi connectivity index (χ3v) is 4.03. The summed E-state index contributed by atoms with van der Waals surface area (Å²) in [7, 11) is 1.78. The highest BCUT2D eigenvalue weighted by Crippen LogP contribution is 2.14. The maximum Gasteiger partial charge on any atom is 0.222 e. The third-order valence-electron chi connectivity index (χ3n) is 3.80. The molecule has 0 radical (unpaired) electrons. The zero-order valence-corrected chi connectivity index (χ0v) is 15.3. The lowest BCUT2D eigenvalue weighted by atomic mass is 10.1. The minimum Gasteiger partial charge on any atom is -0.494 e. The van der Waals surface area contributed by atoms with Crippen molar-refractivity contribution in [2.24, 2.45) is 0 Å². The molecule has 0 aliphatic rings. The Morgan fingerprint density at radius 2 is 1.84 bits per heavy atom. The van der Waals surface area contributed by atoms with Crippen molar-refractivity contribution in [3.63, 3.8) is 0 Å². The Kier molecular flexibility index (Phi) is 7.02.